The highest BCUT2D eigenvalue weighted by molar-refractivity contribution is 5.95. The molecule has 2 aliphatic rings. The van der Waals surface area contributed by atoms with Gasteiger partial charge >= 0.3 is 0 Å². The van der Waals surface area contributed by atoms with Crippen molar-refractivity contribution >= 4 is 5.91 Å². The van der Waals surface area contributed by atoms with Crippen molar-refractivity contribution in [2.24, 2.45) is 5.92 Å². The van der Waals surface area contributed by atoms with Crippen LogP contribution in [0.4, 0.5) is 0 Å². The number of methoxy groups -OCH3 is 1. The summed E-state index contributed by atoms with van der Waals surface area (Å²) in [5.74, 6) is 1.98. The molecule has 0 spiro atoms. The van der Waals surface area contributed by atoms with Crippen molar-refractivity contribution in [3.63, 3.8) is 0 Å². The third kappa shape index (κ3) is 2.16. The van der Waals surface area contributed by atoms with E-state index >= 15 is 0 Å². The number of carbonyl (C=O) groups is 1. The predicted octanol–water partition coefficient (Wildman–Crippen LogP) is 1.69. The Labute approximate surface area is 102 Å². The highest BCUT2D eigenvalue weighted by Crippen LogP contribution is 2.35. The first-order valence-electron chi connectivity index (χ1n) is 6.04. The first-order chi connectivity index (χ1) is 8.17. The van der Waals surface area contributed by atoms with Crippen LogP contribution in [0.1, 0.15) is 19.8 Å². The van der Waals surface area contributed by atoms with E-state index in [1.807, 2.05) is 20.0 Å². The summed E-state index contributed by atoms with van der Waals surface area (Å²) in [6, 6.07) is 0. The number of nitrogens with zero attached hydrogens (tertiary/aromatic N) is 1. The molecule has 1 atom stereocenters. The van der Waals surface area contributed by atoms with Crippen LogP contribution in [0.3, 0.4) is 0 Å². The molecule has 0 radical (unpaired) electrons. The zero-order valence-electron chi connectivity index (χ0n) is 10.7. The highest BCUT2D eigenvalue weighted by Gasteiger charge is 2.34. The van der Waals surface area contributed by atoms with Gasteiger partial charge in [0.25, 0.3) is 0 Å². The van der Waals surface area contributed by atoms with Gasteiger partial charge in [-0.25, -0.2) is 0 Å². The Bertz CT molecular complexity index is 384. The molecule has 0 aromatic rings. The summed E-state index contributed by atoms with van der Waals surface area (Å²) in [4.78, 5) is 13.8. The van der Waals surface area contributed by atoms with E-state index in [0.29, 0.717) is 12.4 Å². The second-order valence-corrected chi connectivity index (χ2v) is 4.44. The van der Waals surface area contributed by atoms with E-state index in [4.69, 9.17) is 9.47 Å². The van der Waals surface area contributed by atoms with Crippen LogP contribution in [0.5, 0.6) is 0 Å². The van der Waals surface area contributed by atoms with Crippen LogP contribution in [0, 0.1) is 5.92 Å². The van der Waals surface area contributed by atoms with Crippen LogP contribution < -0.4 is 0 Å². The molecule has 1 saturated heterocycles. The Balaban J connectivity index is 2.31. The molecule has 0 aromatic carbocycles. The molecule has 0 saturated carbocycles. The standard InChI is InChI=1S/C13H19NO3/c1-4-17-12-8-10-9(7-11(12)16-3)5-6-14(2)13(10)15/h8-9H,4-7H2,1-3H3. The van der Waals surface area contributed by atoms with Crippen molar-refractivity contribution in [1.29, 1.82) is 0 Å². The lowest BCUT2D eigenvalue weighted by Crippen LogP contribution is -2.39. The Morgan fingerprint density at radius 2 is 2.29 bits per heavy atom. The van der Waals surface area contributed by atoms with Gasteiger partial charge in [0.05, 0.1) is 13.7 Å². The number of fused-ring (bicyclic) bond motifs is 1. The van der Waals surface area contributed by atoms with Crippen molar-refractivity contribution < 1.29 is 14.3 Å². The first-order valence-corrected chi connectivity index (χ1v) is 6.04. The topological polar surface area (TPSA) is 38.8 Å². The minimum atomic E-state index is 0.119. The maximum Gasteiger partial charge on any atom is 0.249 e. The maximum absolute atomic E-state index is 12.0. The van der Waals surface area contributed by atoms with Gasteiger partial charge in [0.1, 0.15) is 5.76 Å². The quantitative estimate of drug-likeness (QED) is 0.749. The number of hydrogen-bond acceptors (Lipinski definition) is 3. The van der Waals surface area contributed by atoms with Crippen molar-refractivity contribution in [2.75, 3.05) is 27.3 Å². The summed E-state index contributed by atoms with van der Waals surface area (Å²) in [6.45, 7) is 3.34. The third-order valence-electron chi connectivity index (χ3n) is 3.39. The molecule has 1 heterocycles. The first kappa shape index (κ1) is 12.0. The van der Waals surface area contributed by atoms with Crippen LogP contribution in [0.2, 0.25) is 0 Å². The van der Waals surface area contributed by atoms with Gasteiger partial charge < -0.3 is 14.4 Å². The molecule has 1 aliphatic carbocycles. The Morgan fingerprint density at radius 1 is 1.53 bits per heavy atom. The largest absolute Gasteiger partial charge is 0.497 e. The molecule has 2 rings (SSSR count). The fourth-order valence-corrected chi connectivity index (χ4v) is 2.40. The van der Waals surface area contributed by atoms with Crippen LogP contribution >= 0.6 is 0 Å². The number of likely N-dealkylation sites (tertiary alicyclic amines) is 1. The van der Waals surface area contributed by atoms with Gasteiger partial charge in [0.2, 0.25) is 5.91 Å². The van der Waals surface area contributed by atoms with Crippen molar-refractivity contribution in [3.05, 3.63) is 23.2 Å². The molecule has 1 aliphatic heterocycles. The van der Waals surface area contributed by atoms with E-state index in [1.54, 1.807) is 12.0 Å². The number of allylic oxidation sites excluding steroid dienone is 2. The van der Waals surface area contributed by atoms with Gasteiger partial charge in [-0.1, -0.05) is 0 Å². The van der Waals surface area contributed by atoms with Gasteiger partial charge in [0, 0.05) is 25.6 Å². The maximum atomic E-state index is 12.0. The van der Waals surface area contributed by atoms with Crippen molar-refractivity contribution in [1.82, 2.24) is 4.90 Å². The summed E-state index contributed by atoms with van der Waals surface area (Å²) in [6.07, 6.45) is 3.63. The smallest absolute Gasteiger partial charge is 0.249 e. The van der Waals surface area contributed by atoms with Gasteiger partial charge in [-0.3, -0.25) is 4.79 Å². The summed E-state index contributed by atoms with van der Waals surface area (Å²) < 4.78 is 10.9. The second kappa shape index (κ2) is 4.82. The fourth-order valence-electron chi connectivity index (χ4n) is 2.40. The molecule has 1 unspecified atom stereocenters. The zero-order chi connectivity index (χ0) is 12.4. The molecule has 17 heavy (non-hydrogen) atoms. The number of piperidine rings is 1. The summed E-state index contributed by atoms with van der Waals surface area (Å²) in [7, 11) is 3.50. The summed E-state index contributed by atoms with van der Waals surface area (Å²) >= 11 is 0. The van der Waals surface area contributed by atoms with Gasteiger partial charge in [-0.05, 0) is 25.3 Å². The molecule has 0 bridgehead atoms. The zero-order valence-corrected chi connectivity index (χ0v) is 10.7. The van der Waals surface area contributed by atoms with E-state index in [9.17, 15) is 4.79 Å². The number of rotatable bonds is 3. The van der Waals surface area contributed by atoms with Gasteiger partial charge in [-0.2, -0.15) is 0 Å². The second-order valence-electron chi connectivity index (χ2n) is 4.44. The summed E-state index contributed by atoms with van der Waals surface area (Å²) in [5.41, 5.74) is 0.864. The van der Waals surface area contributed by atoms with E-state index < -0.39 is 0 Å². The normalized spacial score (nSPS) is 24.4. The lowest BCUT2D eigenvalue weighted by atomic mass is 9.83. The summed E-state index contributed by atoms with van der Waals surface area (Å²) in [5, 5.41) is 0. The SMILES string of the molecule is CCOC1=C(OC)CC2CCN(C)C(=O)C2=C1. The predicted molar refractivity (Wildman–Crippen MR) is 64.1 cm³/mol. The van der Waals surface area contributed by atoms with Crippen molar-refractivity contribution in [2.45, 2.75) is 19.8 Å². The molecule has 1 amide bonds. The van der Waals surface area contributed by atoms with E-state index in [1.165, 1.54) is 0 Å². The van der Waals surface area contributed by atoms with Crippen molar-refractivity contribution in [3.8, 4) is 0 Å². The van der Waals surface area contributed by atoms with Crippen LogP contribution in [0.25, 0.3) is 0 Å². The molecule has 1 fully saturated rings. The lowest BCUT2D eigenvalue weighted by Gasteiger charge is -2.34. The van der Waals surface area contributed by atoms with Gasteiger partial charge in [0.15, 0.2) is 5.76 Å². The monoisotopic (exact) mass is 237 g/mol. The average molecular weight is 237 g/mol. The Kier molecular flexibility index (Phi) is 3.41. The number of hydrogen-bond donors (Lipinski definition) is 0. The molecular weight excluding hydrogens is 218 g/mol. The average Bonchev–Trinajstić information content (AvgIpc) is 2.34. The highest BCUT2D eigenvalue weighted by atomic mass is 16.5. The minimum Gasteiger partial charge on any atom is -0.497 e. The molecule has 94 valence electrons. The lowest BCUT2D eigenvalue weighted by molar-refractivity contribution is -0.128. The van der Waals surface area contributed by atoms with E-state index in [2.05, 4.69) is 0 Å². The number of ether oxygens (including phenoxy) is 2. The number of amides is 1. The molecule has 4 heteroatoms. The Hall–Kier alpha value is -1.45. The fraction of sp³-hybridized carbons (Fsp3) is 0.615. The Morgan fingerprint density at radius 3 is 2.94 bits per heavy atom. The molecule has 4 nitrogen and oxygen atoms in total. The van der Waals surface area contributed by atoms with Gasteiger partial charge in [-0.15, -0.1) is 0 Å². The van der Waals surface area contributed by atoms with Crippen LogP contribution in [-0.4, -0.2) is 38.1 Å². The van der Waals surface area contributed by atoms with Crippen LogP contribution in [-0.2, 0) is 14.3 Å². The van der Waals surface area contributed by atoms with E-state index in [0.717, 1.165) is 30.7 Å². The van der Waals surface area contributed by atoms with Crippen LogP contribution in [0.15, 0.2) is 23.2 Å². The minimum absolute atomic E-state index is 0.119. The molecular formula is C13H19NO3. The number of carbonyl (C=O) groups excluding carboxylic acids is 1. The third-order valence-corrected chi connectivity index (χ3v) is 3.39. The van der Waals surface area contributed by atoms with E-state index in [-0.39, 0.29) is 11.8 Å². The molecule has 0 aromatic heterocycles. The molecule has 0 N–H and O–H groups in total. The number of likely N-dealkylation sites (N-methyl/N-ethyl adjacent to an activating group) is 1.